The van der Waals surface area contributed by atoms with Crippen LogP contribution in [0.1, 0.15) is 10.4 Å². The summed E-state index contributed by atoms with van der Waals surface area (Å²) in [6.07, 6.45) is 0. The topological polar surface area (TPSA) is 50.2 Å². The van der Waals surface area contributed by atoms with E-state index < -0.39 is 11.8 Å². The summed E-state index contributed by atoms with van der Waals surface area (Å²) in [5.74, 6) is -2.05. The summed E-state index contributed by atoms with van der Waals surface area (Å²) < 4.78 is 14.2. The molecule has 0 aliphatic carbocycles. The molecule has 1 N–H and O–H groups in total. The minimum Gasteiger partial charge on any atom is -0.478 e. The van der Waals surface area contributed by atoms with E-state index in [0.29, 0.717) is 5.69 Å². The van der Waals surface area contributed by atoms with Crippen LogP contribution in [0.15, 0.2) is 54.6 Å². The Morgan fingerprint density at radius 1 is 1.00 bits per heavy atom. The molecule has 3 nitrogen and oxygen atoms in total. The van der Waals surface area contributed by atoms with Crippen LogP contribution in [-0.2, 0) is 0 Å². The zero-order valence-electron chi connectivity index (χ0n) is 10.4. The van der Waals surface area contributed by atoms with Crippen molar-refractivity contribution in [3.63, 3.8) is 0 Å². The zero-order valence-corrected chi connectivity index (χ0v) is 10.4. The predicted octanol–water partition coefficient (Wildman–Crippen LogP) is 3.74. The fourth-order valence-corrected chi connectivity index (χ4v) is 2.11. The van der Waals surface area contributed by atoms with Gasteiger partial charge in [0.25, 0.3) is 0 Å². The lowest BCUT2D eigenvalue weighted by atomic mass is 10.1. The maximum absolute atomic E-state index is 14.2. The Balaban J connectivity index is 2.20. The molecule has 2 aromatic carbocycles. The van der Waals surface area contributed by atoms with Gasteiger partial charge in [0, 0.05) is 10.9 Å². The first-order valence-corrected chi connectivity index (χ1v) is 6.05. The largest absolute Gasteiger partial charge is 0.478 e. The first-order chi connectivity index (χ1) is 9.66. The average molecular weight is 267 g/mol. The molecule has 3 aromatic rings. The van der Waals surface area contributed by atoms with E-state index in [0.717, 1.165) is 10.9 Å². The first-order valence-electron chi connectivity index (χ1n) is 6.05. The highest BCUT2D eigenvalue weighted by Crippen LogP contribution is 2.25. The van der Waals surface area contributed by atoms with Gasteiger partial charge in [0.2, 0.25) is 0 Å². The van der Waals surface area contributed by atoms with Crippen LogP contribution in [0.25, 0.3) is 22.2 Å². The number of benzene rings is 2. The standard InChI is InChI=1S/C16H10FNO2/c17-15-11(5-3-6-12(15)16(19)20)14-9-8-10-4-1-2-7-13(10)18-14/h1-9H,(H,19,20). The molecule has 3 rings (SSSR count). The van der Waals surface area contributed by atoms with Crippen molar-refractivity contribution in [3.05, 3.63) is 66.0 Å². The van der Waals surface area contributed by atoms with Crippen molar-refractivity contribution in [3.8, 4) is 11.3 Å². The minimum absolute atomic E-state index is 0.190. The quantitative estimate of drug-likeness (QED) is 0.769. The Morgan fingerprint density at radius 2 is 1.80 bits per heavy atom. The third-order valence-electron chi connectivity index (χ3n) is 3.10. The molecule has 1 heterocycles. The molecule has 0 unspecified atom stereocenters. The number of aromatic carboxylic acids is 1. The van der Waals surface area contributed by atoms with E-state index in [9.17, 15) is 9.18 Å². The minimum atomic E-state index is -1.29. The van der Waals surface area contributed by atoms with E-state index in [2.05, 4.69) is 4.98 Å². The molecule has 0 saturated carbocycles. The molecule has 0 amide bonds. The van der Waals surface area contributed by atoms with E-state index in [-0.39, 0.29) is 11.1 Å². The van der Waals surface area contributed by atoms with Gasteiger partial charge in [-0.15, -0.1) is 0 Å². The number of halogens is 1. The van der Waals surface area contributed by atoms with Crippen LogP contribution in [0.3, 0.4) is 0 Å². The molecular formula is C16H10FNO2. The Hall–Kier alpha value is -2.75. The molecule has 1 aromatic heterocycles. The van der Waals surface area contributed by atoms with Gasteiger partial charge in [0.1, 0.15) is 5.82 Å². The zero-order chi connectivity index (χ0) is 14.1. The molecule has 20 heavy (non-hydrogen) atoms. The van der Waals surface area contributed by atoms with Gasteiger partial charge in [-0.2, -0.15) is 0 Å². The second kappa shape index (κ2) is 4.74. The molecule has 0 atom stereocenters. The second-order valence-corrected chi connectivity index (χ2v) is 4.36. The Labute approximate surface area is 114 Å². The number of fused-ring (bicyclic) bond motifs is 1. The van der Waals surface area contributed by atoms with Crippen molar-refractivity contribution in [2.75, 3.05) is 0 Å². The van der Waals surface area contributed by atoms with E-state index in [1.165, 1.54) is 18.2 Å². The summed E-state index contributed by atoms with van der Waals surface area (Å²) in [5, 5.41) is 9.90. The Morgan fingerprint density at radius 3 is 2.60 bits per heavy atom. The molecule has 4 heteroatoms. The van der Waals surface area contributed by atoms with Gasteiger partial charge in [0.05, 0.1) is 16.8 Å². The number of hydrogen-bond acceptors (Lipinski definition) is 2. The fourth-order valence-electron chi connectivity index (χ4n) is 2.11. The van der Waals surface area contributed by atoms with Crippen LogP contribution in [0.2, 0.25) is 0 Å². The number of carboxylic acids is 1. The third kappa shape index (κ3) is 2.01. The number of para-hydroxylation sites is 1. The van der Waals surface area contributed by atoms with Gasteiger partial charge < -0.3 is 5.11 Å². The molecule has 0 aliphatic rings. The van der Waals surface area contributed by atoms with Crippen molar-refractivity contribution in [1.82, 2.24) is 4.98 Å². The lowest BCUT2D eigenvalue weighted by molar-refractivity contribution is 0.0692. The van der Waals surface area contributed by atoms with Crippen molar-refractivity contribution in [1.29, 1.82) is 0 Å². The Kier molecular flexibility index (Phi) is 2.91. The summed E-state index contributed by atoms with van der Waals surface area (Å²) in [4.78, 5) is 15.3. The number of pyridine rings is 1. The fraction of sp³-hybridized carbons (Fsp3) is 0. The van der Waals surface area contributed by atoms with Crippen molar-refractivity contribution < 1.29 is 14.3 Å². The highest BCUT2D eigenvalue weighted by Gasteiger charge is 2.15. The highest BCUT2D eigenvalue weighted by molar-refractivity contribution is 5.90. The normalized spacial score (nSPS) is 10.7. The highest BCUT2D eigenvalue weighted by atomic mass is 19.1. The lowest BCUT2D eigenvalue weighted by Gasteiger charge is -2.06. The number of nitrogens with zero attached hydrogens (tertiary/aromatic N) is 1. The van der Waals surface area contributed by atoms with Gasteiger partial charge >= 0.3 is 5.97 Å². The van der Waals surface area contributed by atoms with Crippen LogP contribution in [0, 0.1) is 5.82 Å². The summed E-state index contributed by atoms with van der Waals surface area (Å²) in [5.41, 5.74) is 1.00. The predicted molar refractivity (Wildman–Crippen MR) is 74.1 cm³/mol. The number of hydrogen-bond donors (Lipinski definition) is 1. The number of carboxylic acid groups (broad SMARTS) is 1. The average Bonchev–Trinajstić information content (AvgIpc) is 2.46. The lowest BCUT2D eigenvalue weighted by Crippen LogP contribution is -2.02. The molecular weight excluding hydrogens is 257 g/mol. The van der Waals surface area contributed by atoms with Gasteiger partial charge in [-0.05, 0) is 24.3 Å². The summed E-state index contributed by atoms with van der Waals surface area (Å²) in [6.45, 7) is 0. The monoisotopic (exact) mass is 267 g/mol. The smallest absolute Gasteiger partial charge is 0.338 e. The van der Waals surface area contributed by atoms with Crippen LogP contribution in [0.5, 0.6) is 0 Å². The van der Waals surface area contributed by atoms with E-state index in [1.54, 1.807) is 6.07 Å². The second-order valence-electron chi connectivity index (χ2n) is 4.36. The SMILES string of the molecule is O=C(O)c1cccc(-c2ccc3ccccc3n2)c1F. The Bertz CT molecular complexity index is 814. The first kappa shape index (κ1) is 12.3. The summed E-state index contributed by atoms with van der Waals surface area (Å²) >= 11 is 0. The number of aromatic nitrogens is 1. The van der Waals surface area contributed by atoms with E-state index >= 15 is 0 Å². The molecule has 98 valence electrons. The molecule has 0 spiro atoms. The van der Waals surface area contributed by atoms with Crippen LogP contribution < -0.4 is 0 Å². The summed E-state index contributed by atoms with van der Waals surface area (Å²) in [6, 6.07) is 15.3. The van der Waals surface area contributed by atoms with Gasteiger partial charge in [-0.3, -0.25) is 0 Å². The maximum Gasteiger partial charge on any atom is 0.338 e. The van der Waals surface area contributed by atoms with E-state index in [4.69, 9.17) is 5.11 Å². The van der Waals surface area contributed by atoms with Crippen molar-refractivity contribution in [2.45, 2.75) is 0 Å². The van der Waals surface area contributed by atoms with Crippen molar-refractivity contribution >= 4 is 16.9 Å². The summed E-state index contributed by atoms with van der Waals surface area (Å²) in [7, 11) is 0. The third-order valence-corrected chi connectivity index (χ3v) is 3.10. The van der Waals surface area contributed by atoms with Crippen LogP contribution in [0.4, 0.5) is 4.39 Å². The van der Waals surface area contributed by atoms with E-state index in [1.807, 2.05) is 30.3 Å². The van der Waals surface area contributed by atoms with Crippen LogP contribution >= 0.6 is 0 Å². The molecule has 0 saturated heterocycles. The van der Waals surface area contributed by atoms with Crippen molar-refractivity contribution in [2.24, 2.45) is 0 Å². The maximum atomic E-state index is 14.2. The molecule has 0 radical (unpaired) electrons. The molecule has 0 bridgehead atoms. The van der Waals surface area contributed by atoms with Gasteiger partial charge in [0.15, 0.2) is 0 Å². The van der Waals surface area contributed by atoms with Gasteiger partial charge in [-0.1, -0.05) is 30.3 Å². The molecule has 0 fully saturated rings. The number of carbonyl (C=O) groups is 1. The molecule has 0 aliphatic heterocycles. The number of rotatable bonds is 2. The van der Waals surface area contributed by atoms with Crippen LogP contribution in [-0.4, -0.2) is 16.1 Å². The van der Waals surface area contributed by atoms with Gasteiger partial charge in [-0.25, -0.2) is 14.2 Å².